The van der Waals surface area contributed by atoms with E-state index in [0.29, 0.717) is 5.56 Å². The number of hydrogen-bond donors (Lipinski definition) is 3. The van der Waals surface area contributed by atoms with Gasteiger partial charge in [0.15, 0.2) is 0 Å². The smallest absolute Gasteiger partial charge is 0.269 e. The Morgan fingerprint density at radius 2 is 1.54 bits per heavy atom. The van der Waals surface area contributed by atoms with Crippen LogP contribution in [0.1, 0.15) is 40.7 Å². The maximum Gasteiger partial charge on any atom is 0.269 e. The molecule has 0 saturated carbocycles. The molecule has 3 aromatic carbocycles. The summed E-state index contributed by atoms with van der Waals surface area (Å²) < 4.78 is 28.9. The summed E-state index contributed by atoms with van der Waals surface area (Å²) in [6, 6.07) is 11.8. The summed E-state index contributed by atoms with van der Waals surface area (Å²) in [4.78, 5) is 23.8. The number of amides is 1. The number of benzene rings is 3. The number of aryl methyl sites for hydroxylation is 2. The first-order valence-corrected chi connectivity index (χ1v) is 13.7. The second-order valence-corrected chi connectivity index (χ2v) is 11.2. The normalized spacial score (nSPS) is 15.1. The van der Waals surface area contributed by atoms with Gasteiger partial charge in [-0.1, -0.05) is 18.2 Å². The SMILES string of the molecule is O=C(Nc1c2c(cc3c1CCC3)CCC2)[C@H](Cc1ccc(O)cc1)NS(=O)(=O)c1ccc([N+](=O)[O-])cc1. The topological polar surface area (TPSA) is 139 Å². The molecule has 3 aromatic rings. The molecule has 2 aliphatic carbocycles. The first kappa shape index (κ1) is 24.9. The summed E-state index contributed by atoms with van der Waals surface area (Å²) in [7, 11) is -4.17. The highest BCUT2D eigenvalue weighted by Gasteiger charge is 2.30. The van der Waals surface area contributed by atoms with E-state index in [9.17, 15) is 28.4 Å². The van der Waals surface area contributed by atoms with Crippen molar-refractivity contribution in [3.63, 3.8) is 0 Å². The number of nitrogens with one attached hydrogen (secondary N) is 2. The van der Waals surface area contributed by atoms with Crippen molar-refractivity contribution in [2.45, 2.75) is 55.9 Å². The van der Waals surface area contributed by atoms with E-state index in [2.05, 4.69) is 16.1 Å². The van der Waals surface area contributed by atoms with Gasteiger partial charge in [-0.25, -0.2) is 8.42 Å². The molecule has 0 aliphatic heterocycles. The molecule has 0 aromatic heterocycles. The van der Waals surface area contributed by atoms with Gasteiger partial charge in [-0.15, -0.1) is 0 Å². The number of sulfonamides is 1. The second-order valence-electron chi connectivity index (χ2n) is 9.52. The van der Waals surface area contributed by atoms with Crippen LogP contribution in [0.15, 0.2) is 59.5 Å². The summed E-state index contributed by atoms with van der Waals surface area (Å²) in [5, 5.41) is 23.7. The molecule has 37 heavy (non-hydrogen) atoms. The standard InChI is InChI=1S/C27H27N3O6S/c31-21-11-7-17(8-12-21)15-25(29-37(35,36)22-13-9-20(10-14-22)30(33)34)27(32)28-26-23-5-1-3-18(23)16-19-4-2-6-24(19)26/h7-14,16,25,29,31H,1-6,15H2,(H,28,32)/t25-/m0/s1. The van der Waals surface area contributed by atoms with E-state index >= 15 is 0 Å². The number of nitro groups is 1. The Morgan fingerprint density at radius 1 is 0.946 bits per heavy atom. The fraction of sp³-hybridized carbons (Fsp3) is 0.296. The van der Waals surface area contributed by atoms with E-state index in [-0.39, 0.29) is 22.8 Å². The average Bonchev–Trinajstić information content (AvgIpc) is 3.54. The number of aromatic hydroxyl groups is 1. The van der Waals surface area contributed by atoms with Crippen LogP contribution in [0.5, 0.6) is 5.75 Å². The Balaban J connectivity index is 1.46. The highest BCUT2D eigenvalue weighted by Crippen LogP contribution is 2.38. The van der Waals surface area contributed by atoms with E-state index < -0.39 is 26.9 Å². The highest BCUT2D eigenvalue weighted by atomic mass is 32.2. The van der Waals surface area contributed by atoms with Crippen molar-refractivity contribution in [2.75, 3.05) is 5.32 Å². The van der Waals surface area contributed by atoms with Crippen molar-refractivity contribution < 1.29 is 23.2 Å². The lowest BCUT2D eigenvalue weighted by Crippen LogP contribution is -2.45. The molecule has 1 atom stereocenters. The van der Waals surface area contributed by atoms with Crippen molar-refractivity contribution in [3.05, 3.63) is 92.5 Å². The van der Waals surface area contributed by atoms with Crippen LogP contribution < -0.4 is 10.0 Å². The molecule has 0 heterocycles. The third-order valence-electron chi connectivity index (χ3n) is 7.07. The Morgan fingerprint density at radius 3 is 2.11 bits per heavy atom. The van der Waals surface area contributed by atoms with Crippen molar-refractivity contribution in [1.29, 1.82) is 0 Å². The molecular formula is C27H27N3O6S. The lowest BCUT2D eigenvalue weighted by Gasteiger charge is -2.22. The van der Waals surface area contributed by atoms with Gasteiger partial charge in [-0.05, 0) is 97.0 Å². The molecular weight excluding hydrogens is 494 g/mol. The molecule has 9 nitrogen and oxygen atoms in total. The first-order valence-electron chi connectivity index (χ1n) is 12.2. The number of carbonyl (C=O) groups excluding carboxylic acids is 1. The van der Waals surface area contributed by atoms with Crippen LogP contribution in [-0.2, 0) is 46.9 Å². The summed E-state index contributed by atoms with van der Waals surface area (Å²) in [5.41, 5.74) is 6.01. The van der Waals surface area contributed by atoms with Gasteiger partial charge in [-0.2, -0.15) is 4.72 Å². The fourth-order valence-electron chi connectivity index (χ4n) is 5.24. The first-order chi connectivity index (χ1) is 17.7. The predicted octanol–water partition coefficient (Wildman–Crippen LogP) is 3.81. The zero-order valence-electron chi connectivity index (χ0n) is 20.1. The van der Waals surface area contributed by atoms with Gasteiger partial charge in [-0.3, -0.25) is 14.9 Å². The Labute approximate surface area is 214 Å². The van der Waals surface area contributed by atoms with E-state index in [1.54, 1.807) is 12.1 Å². The molecule has 0 spiro atoms. The number of nitro benzene ring substituents is 1. The van der Waals surface area contributed by atoms with Gasteiger partial charge in [0.1, 0.15) is 11.8 Å². The molecule has 10 heteroatoms. The average molecular weight is 522 g/mol. The van der Waals surface area contributed by atoms with Crippen LogP contribution >= 0.6 is 0 Å². The Kier molecular flexibility index (Phi) is 6.70. The number of fused-ring (bicyclic) bond motifs is 2. The minimum Gasteiger partial charge on any atom is -0.508 e. The van der Waals surface area contributed by atoms with Crippen LogP contribution in [0.4, 0.5) is 11.4 Å². The zero-order valence-corrected chi connectivity index (χ0v) is 20.9. The monoisotopic (exact) mass is 521 g/mol. The van der Waals surface area contributed by atoms with Crippen molar-refractivity contribution in [1.82, 2.24) is 4.72 Å². The van der Waals surface area contributed by atoms with Gasteiger partial charge < -0.3 is 10.4 Å². The number of anilines is 1. The van der Waals surface area contributed by atoms with Crippen LogP contribution in [0.25, 0.3) is 0 Å². The lowest BCUT2D eigenvalue weighted by atomic mass is 9.98. The van der Waals surface area contributed by atoms with E-state index in [1.807, 2.05) is 0 Å². The third kappa shape index (κ3) is 5.21. The van der Waals surface area contributed by atoms with E-state index in [0.717, 1.165) is 79.6 Å². The largest absolute Gasteiger partial charge is 0.508 e. The van der Waals surface area contributed by atoms with Crippen LogP contribution in [-0.4, -0.2) is 30.4 Å². The van der Waals surface area contributed by atoms with E-state index in [4.69, 9.17) is 0 Å². The lowest BCUT2D eigenvalue weighted by molar-refractivity contribution is -0.384. The molecule has 0 fully saturated rings. The number of carbonyl (C=O) groups is 1. The summed E-state index contributed by atoms with van der Waals surface area (Å²) in [5.74, 6) is -0.417. The summed E-state index contributed by atoms with van der Waals surface area (Å²) >= 11 is 0. The van der Waals surface area contributed by atoms with Gasteiger partial charge in [0, 0.05) is 17.8 Å². The molecule has 0 radical (unpaired) electrons. The van der Waals surface area contributed by atoms with Gasteiger partial charge in [0.05, 0.1) is 9.82 Å². The molecule has 3 N–H and O–H groups in total. The highest BCUT2D eigenvalue weighted by molar-refractivity contribution is 7.89. The van der Waals surface area contributed by atoms with Crippen molar-refractivity contribution in [3.8, 4) is 5.75 Å². The molecule has 0 bridgehead atoms. The Bertz CT molecular complexity index is 1440. The third-order valence-corrected chi connectivity index (χ3v) is 8.56. The van der Waals surface area contributed by atoms with Gasteiger partial charge in [0.25, 0.3) is 5.69 Å². The molecule has 5 rings (SSSR count). The maximum absolute atomic E-state index is 13.7. The van der Waals surface area contributed by atoms with Crippen molar-refractivity contribution >= 4 is 27.3 Å². The minimum absolute atomic E-state index is 0.0511. The summed E-state index contributed by atoms with van der Waals surface area (Å²) in [6.07, 6.45) is 5.76. The zero-order chi connectivity index (χ0) is 26.2. The molecule has 0 saturated heterocycles. The summed E-state index contributed by atoms with van der Waals surface area (Å²) in [6.45, 7) is 0. The van der Waals surface area contributed by atoms with E-state index in [1.165, 1.54) is 23.3 Å². The van der Waals surface area contributed by atoms with Crippen LogP contribution in [0, 0.1) is 10.1 Å². The molecule has 2 aliphatic rings. The van der Waals surface area contributed by atoms with Crippen LogP contribution in [0.2, 0.25) is 0 Å². The van der Waals surface area contributed by atoms with Gasteiger partial charge >= 0.3 is 0 Å². The molecule has 1 amide bonds. The maximum atomic E-state index is 13.7. The quantitative estimate of drug-likeness (QED) is 0.304. The van der Waals surface area contributed by atoms with Crippen molar-refractivity contribution in [2.24, 2.45) is 0 Å². The number of non-ortho nitro benzene ring substituents is 1. The number of rotatable bonds is 8. The predicted molar refractivity (Wildman–Crippen MR) is 138 cm³/mol. The number of hydrogen-bond acceptors (Lipinski definition) is 6. The van der Waals surface area contributed by atoms with Gasteiger partial charge in [0.2, 0.25) is 15.9 Å². The number of nitrogens with zero attached hydrogens (tertiary/aromatic N) is 1. The minimum atomic E-state index is -4.17. The number of phenolic OH excluding ortho intramolecular Hbond substituents is 1. The fourth-order valence-corrected chi connectivity index (χ4v) is 6.43. The molecule has 0 unspecified atom stereocenters. The molecule has 192 valence electrons. The second kappa shape index (κ2) is 9.95. The Hall–Kier alpha value is -3.76. The number of phenols is 1. The van der Waals surface area contributed by atoms with Crippen LogP contribution in [0.3, 0.4) is 0 Å².